The molecule has 0 saturated heterocycles. The molecular weight excluding hydrogens is 348 g/mol. The molecule has 0 spiro atoms. The summed E-state index contributed by atoms with van der Waals surface area (Å²) in [6.07, 6.45) is 0.587. The molecule has 3 rings (SSSR count). The third-order valence-corrected chi connectivity index (χ3v) is 4.39. The molecule has 2 aromatic rings. The maximum Gasteiger partial charge on any atom is 0.339 e. The Kier molecular flexibility index (Phi) is 5.45. The van der Waals surface area contributed by atoms with Crippen LogP contribution in [-0.4, -0.2) is 35.7 Å². The molecular formula is C21H18O6. The molecule has 0 heterocycles. The van der Waals surface area contributed by atoms with Crippen LogP contribution in [0.3, 0.4) is 0 Å². The van der Waals surface area contributed by atoms with Crippen molar-refractivity contribution in [2.45, 2.75) is 24.9 Å². The maximum absolute atomic E-state index is 12.5. The molecule has 6 heteroatoms. The monoisotopic (exact) mass is 366 g/mol. The predicted octanol–water partition coefficient (Wildman–Crippen LogP) is 2.76. The van der Waals surface area contributed by atoms with E-state index in [-0.39, 0.29) is 18.4 Å². The van der Waals surface area contributed by atoms with Gasteiger partial charge in [-0.05, 0) is 37.1 Å². The normalized spacial score (nSPS) is 19.4. The second-order valence-corrected chi connectivity index (χ2v) is 6.30. The number of ether oxygens (including phenoxy) is 2. The average Bonchev–Trinajstić information content (AvgIpc) is 2.71. The van der Waals surface area contributed by atoms with Gasteiger partial charge in [0.15, 0.2) is 0 Å². The average molecular weight is 366 g/mol. The van der Waals surface area contributed by atoms with Gasteiger partial charge in [0, 0.05) is 6.42 Å². The Morgan fingerprint density at radius 3 is 2.00 bits per heavy atom. The van der Waals surface area contributed by atoms with E-state index in [1.807, 2.05) is 0 Å². The molecule has 0 bridgehead atoms. The smallest absolute Gasteiger partial charge is 0.339 e. The first-order valence-corrected chi connectivity index (χ1v) is 8.60. The van der Waals surface area contributed by atoms with Crippen molar-refractivity contribution >= 4 is 23.5 Å². The second kappa shape index (κ2) is 7.95. The van der Waals surface area contributed by atoms with Crippen LogP contribution < -0.4 is 0 Å². The van der Waals surface area contributed by atoms with Gasteiger partial charge in [-0.3, -0.25) is 9.59 Å². The van der Waals surface area contributed by atoms with Crippen molar-refractivity contribution in [1.82, 2.24) is 0 Å². The van der Waals surface area contributed by atoms with Crippen molar-refractivity contribution < 1.29 is 28.7 Å². The number of hydrogen-bond donors (Lipinski definition) is 0. The first kappa shape index (κ1) is 18.5. The standard InChI is InChI=1S/C21H18O6/c22-17-12-7-13-21(18(17)23,27-20(25)16-10-5-2-6-11-16)14-26-19(24)15-8-3-1-4-9-15/h1-6,8-11H,7,12-14H2. The number of Topliss-reactive ketones (excluding diaryl/α,β-unsaturated/α-hetero) is 2. The van der Waals surface area contributed by atoms with Gasteiger partial charge < -0.3 is 9.47 Å². The van der Waals surface area contributed by atoms with E-state index >= 15 is 0 Å². The highest BCUT2D eigenvalue weighted by molar-refractivity contribution is 6.41. The molecule has 6 nitrogen and oxygen atoms in total. The Balaban J connectivity index is 1.80. The first-order valence-electron chi connectivity index (χ1n) is 8.60. The van der Waals surface area contributed by atoms with Crippen LogP contribution in [0.25, 0.3) is 0 Å². The van der Waals surface area contributed by atoms with Gasteiger partial charge in [0.05, 0.1) is 11.1 Å². The molecule has 0 N–H and O–H groups in total. The molecule has 2 aromatic carbocycles. The third kappa shape index (κ3) is 4.11. The summed E-state index contributed by atoms with van der Waals surface area (Å²) < 4.78 is 10.7. The minimum absolute atomic E-state index is 0.0934. The predicted molar refractivity (Wildman–Crippen MR) is 95.2 cm³/mol. The van der Waals surface area contributed by atoms with E-state index in [0.29, 0.717) is 12.0 Å². The number of hydrogen-bond acceptors (Lipinski definition) is 6. The molecule has 0 radical (unpaired) electrons. The largest absolute Gasteiger partial charge is 0.457 e. The van der Waals surface area contributed by atoms with E-state index in [2.05, 4.69) is 0 Å². The summed E-state index contributed by atoms with van der Waals surface area (Å²) in [5, 5.41) is 0. The molecule has 1 aliphatic rings. The highest BCUT2D eigenvalue weighted by Gasteiger charge is 2.49. The van der Waals surface area contributed by atoms with Crippen molar-refractivity contribution in [2.24, 2.45) is 0 Å². The molecule has 1 saturated carbocycles. The van der Waals surface area contributed by atoms with Crippen molar-refractivity contribution in [1.29, 1.82) is 0 Å². The number of ketones is 2. The summed E-state index contributed by atoms with van der Waals surface area (Å²) in [4.78, 5) is 49.2. The zero-order valence-electron chi connectivity index (χ0n) is 14.6. The van der Waals surface area contributed by atoms with Crippen LogP contribution in [0.4, 0.5) is 0 Å². The Bertz CT molecular complexity index is 859. The zero-order chi connectivity index (χ0) is 19.3. The molecule has 1 unspecified atom stereocenters. The first-order chi connectivity index (χ1) is 13.0. The summed E-state index contributed by atoms with van der Waals surface area (Å²) in [6.45, 7) is -0.496. The van der Waals surface area contributed by atoms with Crippen molar-refractivity contribution in [3.63, 3.8) is 0 Å². The summed E-state index contributed by atoms with van der Waals surface area (Å²) in [7, 11) is 0. The SMILES string of the molecule is O=C1CCCC(COC(=O)c2ccccc2)(OC(=O)c2ccccc2)C1=O. The van der Waals surface area contributed by atoms with Crippen molar-refractivity contribution in [3.8, 4) is 0 Å². The zero-order valence-corrected chi connectivity index (χ0v) is 14.6. The van der Waals surface area contributed by atoms with Crippen molar-refractivity contribution in [2.75, 3.05) is 6.61 Å². The number of carbonyl (C=O) groups is 4. The summed E-state index contributed by atoms with van der Waals surface area (Å²) in [5.41, 5.74) is -1.24. The molecule has 1 aliphatic carbocycles. The Labute approximate surface area is 156 Å². The number of carbonyl (C=O) groups excluding carboxylic acids is 4. The molecule has 1 atom stereocenters. The van der Waals surface area contributed by atoms with E-state index < -0.39 is 35.7 Å². The fraction of sp³-hybridized carbons (Fsp3) is 0.238. The van der Waals surface area contributed by atoms with Crippen LogP contribution in [0.1, 0.15) is 40.0 Å². The second-order valence-electron chi connectivity index (χ2n) is 6.30. The van der Waals surface area contributed by atoms with E-state index in [9.17, 15) is 19.2 Å². The summed E-state index contributed by atoms with van der Waals surface area (Å²) in [6, 6.07) is 16.4. The van der Waals surface area contributed by atoms with Crippen molar-refractivity contribution in [3.05, 3.63) is 71.8 Å². The quantitative estimate of drug-likeness (QED) is 0.597. The molecule has 27 heavy (non-hydrogen) atoms. The molecule has 138 valence electrons. The number of rotatable bonds is 5. The highest BCUT2D eigenvalue weighted by atomic mass is 16.6. The Morgan fingerprint density at radius 2 is 1.41 bits per heavy atom. The fourth-order valence-corrected chi connectivity index (χ4v) is 2.93. The lowest BCUT2D eigenvalue weighted by Gasteiger charge is -2.33. The third-order valence-electron chi connectivity index (χ3n) is 4.39. The van der Waals surface area contributed by atoms with Crippen LogP contribution in [0.5, 0.6) is 0 Å². The molecule has 0 aliphatic heterocycles. The van der Waals surface area contributed by atoms with Gasteiger partial charge in [0.25, 0.3) is 0 Å². The van der Waals surface area contributed by atoms with Crippen LogP contribution in [-0.2, 0) is 19.1 Å². The van der Waals surface area contributed by atoms with Crippen LogP contribution in [0.2, 0.25) is 0 Å². The van der Waals surface area contributed by atoms with Gasteiger partial charge in [-0.1, -0.05) is 36.4 Å². The van der Waals surface area contributed by atoms with Gasteiger partial charge in [0.1, 0.15) is 6.61 Å². The summed E-state index contributed by atoms with van der Waals surface area (Å²) in [5.74, 6) is -2.86. The highest BCUT2D eigenvalue weighted by Crippen LogP contribution is 2.29. The van der Waals surface area contributed by atoms with Gasteiger partial charge in [0.2, 0.25) is 17.2 Å². The lowest BCUT2D eigenvalue weighted by molar-refractivity contribution is -0.156. The lowest BCUT2D eigenvalue weighted by atomic mass is 9.83. The lowest BCUT2D eigenvalue weighted by Crippen LogP contribution is -2.53. The maximum atomic E-state index is 12.5. The molecule has 1 fully saturated rings. The Morgan fingerprint density at radius 1 is 0.852 bits per heavy atom. The van der Waals surface area contributed by atoms with Crippen LogP contribution in [0.15, 0.2) is 60.7 Å². The van der Waals surface area contributed by atoms with E-state index in [1.165, 1.54) is 0 Å². The Hall–Kier alpha value is -3.28. The van der Waals surface area contributed by atoms with E-state index in [0.717, 1.165) is 0 Å². The van der Waals surface area contributed by atoms with Gasteiger partial charge >= 0.3 is 11.9 Å². The topological polar surface area (TPSA) is 86.7 Å². The van der Waals surface area contributed by atoms with Gasteiger partial charge in [-0.2, -0.15) is 0 Å². The van der Waals surface area contributed by atoms with E-state index in [4.69, 9.17) is 9.47 Å². The fourth-order valence-electron chi connectivity index (χ4n) is 2.93. The minimum Gasteiger partial charge on any atom is -0.457 e. The number of esters is 2. The summed E-state index contributed by atoms with van der Waals surface area (Å²) >= 11 is 0. The van der Waals surface area contributed by atoms with Gasteiger partial charge in [-0.25, -0.2) is 9.59 Å². The minimum atomic E-state index is -1.79. The van der Waals surface area contributed by atoms with E-state index in [1.54, 1.807) is 60.7 Å². The molecule has 0 amide bonds. The molecule has 0 aromatic heterocycles. The van der Waals surface area contributed by atoms with Crippen LogP contribution >= 0.6 is 0 Å². The number of benzene rings is 2. The van der Waals surface area contributed by atoms with Crippen LogP contribution in [0, 0.1) is 0 Å². The van der Waals surface area contributed by atoms with Gasteiger partial charge in [-0.15, -0.1) is 0 Å².